The number of hydrogen-bond acceptors (Lipinski definition) is 2. The fourth-order valence-corrected chi connectivity index (χ4v) is 5.23. The van der Waals surface area contributed by atoms with Gasteiger partial charge in [-0.05, 0) is 74.1 Å². The Hall–Kier alpha value is -3.22. The molecule has 4 aromatic rings. The lowest BCUT2D eigenvalue weighted by atomic mass is 9.96. The maximum Gasteiger partial charge on any atom is 0.174 e. The zero-order valence-electron chi connectivity index (χ0n) is 18.2. The fraction of sp³-hybridized carbons (Fsp3) is 0.154. The molecule has 1 aliphatic heterocycles. The Balaban J connectivity index is 1.71. The molecule has 1 aliphatic rings. The van der Waals surface area contributed by atoms with Gasteiger partial charge in [-0.2, -0.15) is 0 Å². The summed E-state index contributed by atoms with van der Waals surface area (Å²) < 4.78 is 17.1. The van der Waals surface area contributed by atoms with Crippen molar-refractivity contribution in [1.82, 2.24) is 14.9 Å². The fourth-order valence-electron chi connectivity index (χ4n) is 4.67. The molecule has 0 spiro atoms. The summed E-state index contributed by atoms with van der Waals surface area (Å²) in [5, 5.41) is 4.52. The van der Waals surface area contributed by atoms with Crippen LogP contribution in [0.3, 0.4) is 0 Å². The third-order valence-electron chi connectivity index (χ3n) is 6.09. The summed E-state index contributed by atoms with van der Waals surface area (Å²) in [6.07, 6.45) is 1.76. The molecule has 0 unspecified atom stereocenters. The van der Waals surface area contributed by atoms with Crippen LogP contribution in [0.1, 0.15) is 34.7 Å². The van der Waals surface area contributed by atoms with Crippen LogP contribution in [-0.2, 0) is 0 Å². The van der Waals surface area contributed by atoms with Crippen molar-refractivity contribution in [3.05, 3.63) is 112 Å². The van der Waals surface area contributed by atoms with E-state index in [9.17, 15) is 4.39 Å². The van der Waals surface area contributed by atoms with E-state index in [-0.39, 0.29) is 17.9 Å². The average molecular weight is 477 g/mol. The maximum absolute atomic E-state index is 15.0. The number of benzene rings is 2. The molecule has 2 atom stereocenters. The van der Waals surface area contributed by atoms with E-state index >= 15 is 0 Å². The Kier molecular flexibility index (Phi) is 5.64. The Morgan fingerprint density at radius 1 is 0.970 bits per heavy atom. The zero-order valence-corrected chi connectivity index (χ0v) is 19.7. The van der Waals surface area contributed by atoms with Crippen LogP contribution < -0.4 is 10.2 Å². The molecule has 166 valence electrons. The minimum absolute atomic E-state index is 0.251. The molecule has 2 aromatic carbocycles. The number of nitrogens with zero attached hydrogens (tertiary/aromatic N) is 3. The number of rotatable bonds is 4. The van der Waals surface area contributed by atoms with Crippen molar-refractivity contribution in [2.75, 3.05) is 4.90 Å². The van der Waals surface area contributed by atoms with Crippen LogP contribution in [0.15, 0.2) is 79.0 Å². The number of aryl methyl sites for hydroxylation is 1. The lowest BCUT2D eigenvalue weighted by Gasteiger charge is -2.28. The van der Waals surface area contributed by atoms with Gasteiger partial charge in [0.15, 0.2) is 5.11 Å². The van der Waals surface area contributed by atoms with Crippen LogP contribution in [0.25, 0.3) is 5.69 Å². The first-order valence-corrected chi connectivity index (χ1v) is 11.4. The maximum atomic E-state index is 15.0. The van der Waals surface area contributed by atoms with E-state index in [2.05, 4.69) is 27.9 Å². The number of aromatic nitrogens is 2. The molecule has 0 amide bonds. The highest BCUT2D eigenvalue weighted by atomic mass is 35.5. The summed E-state index contributed by atoms with van der Waals surface area (Å²) in [4.78, 5) is 6.45. The predicted molar refractivity (Wildman–Crippen MR) is 135 cm³/mol. The number of halogens is 2. The molecular formula is C26H22ClFN4S. The van der Waals surface area contributed by atoms with Gasteiger partial charge in [0.05, 0.1) is 34.2 Å². The summed E-state index contributed by atoms with van der Waals surface area (Å²) in [5.74, 6) is -0.326. The smallest absolute Gasteiger partial charge is 0.174 e. The summed E-state index contributed by atoms with van der Waals surface area (Å²) in [5.41, 5.74) is 5.24. The first kappa shape index (κ1) is 21.6. The second kappa shape index (κ2) is 8.61. The molecule has 2 aromatic heterocycles. The number of hydrogen-bond donors (Lipinski definition) is 1. The van der Waals surface area contributed by atoms with Crippen molar-refractivity contribution in [2.45, 2.75) is 25.9 Å². The molecular weight excluding hydrogens is 455 g/mol. The monoisotopic (exact) mass is 476 g/mol. The Bertz CT molecular complexity index is 1340. The molecule has 1 fully saturated rings. The third-order valence-corrected chi connectivity index (χ3v) is 6.73. The van der Waals surface area contributed by atoms with Gasteiger partial charge in [0.1, 0.15) is 5.82 Å². The van der Waals surface area contributed by atoms with Gasteiger partial charge >= 0.3 is 0 Å². The quantitative estimate of drug-likeness (QED) is 0.343. The van der Waals surface area contributed by atoms with Crippen molar-refractivity contribution in [2.24, 2.45) is 0 Å². The van der Waals surface area contributed by atoms with Gasteiger partial charge in [-0.15, -0.1) is 0 Å². The molecule has 7 heteroatoms. The van der Waals surface area contributed by atoms with Crippen LogP contribution in [-0.4, -0.2) is 14.7 Å². The highest BCUT2D eigenvalue weighted by Gasteiger charge is 2.43. The zero-order chi connectivity index (χ0) is 23.1. The van der Waals surface area contributed by atoms with E-state index in [4.69, 9.17) is 23.8 Å². The van der Waals surface area contributed by atoms with Crippen molar-refractivity contribution >= 4 is 34.6 Å². The molecule has 0 saturated carbocycles. The highest BCUT2D eigenvalue weighted by molar-refractivity contribution is 7.80. The van der Waals surface area contributed by atoms with Crippen molar-refractivity contribution in [1.29, 1.82) is 0 Å². The van der Waals surface area contributed by atoms with Crippen LogP contribution in [0.2, 0.25) is 5.02 Å². The molecule has 1 N–H and O–H groups in total. The van der Waals surface area contributed by atoms with E-state index in [1.54, 1.807) is 18.3 Å². The van der Waals surface area contributed by atoms with E-state index in [0.717, 1.165) is 28.3 Å². The van der Waals surface area contributed by atoms with Crippen molar-refractivity contribution < 1.29 is 4.39 Å². The predicted octanol–water partition coefficient (Wildman–Crippen LogP) is 6.46. The van der Waals surface area contributed by atoms with E-state index < -0.39 is 0 Å². The van der Waals surface area contributed by atoms with Crippen molar-refractivity contribution in [3.8, 4) is 5.69 Å². The Labute approximate surface area is 202 Å². The van der Waals surface area contributed by atoms with Gasteiger partial charge in [0.2, 0.25) is 0 Å². The third kappa shape index (κ3) is 3.69. The van der Waals surface area contributed by atoms with Crippen LogP contribution in [0, 0.1) is 19.7 Å². The van der Waals surface area contributed by atoms with Crippen LogP contribution >= 0.6 is 23.8 Å². The Morgan fingerprint density at radius 3 is 2.36 bits per heavy atom. The van der Waals surface area contributed by atoms with Crippen LogP contribution in [0.5, 0.6) is 0 Å². The van der Waals surface area contributed by atoms with Gasteiger partial charge in [0.25, 0.3) is 0 Å². The van der Waals surface area contributed by atoms with Crippen LogP contribution in [0.4, 0.5) is 10.1 Å². The van der Waals surface area contributed by atoms with Gasteiger partial charge < -0.3 is 14.8 Å². The summed E-state index contributed by atoms with van der Waals surface area (Å²) in [6, 6.07) is 21.8. The molecule has 0 aliphatic carbocycles. The van der Waals surface area contributed by atoms with Gasteiger partial charge in [-0.3, -0.25) is 4.98 Å². The second-order valence-electron chi connectivity index (χ2n) is 8.06. The molecule has 1 saturated heterocycles. The number of para-hydroxylation sites is 2. The molecule has 3 heterocycles. The first-order valence-electron chi connectivity index (χ1n) is 10.7. The second-order valence-corrected chi connectivity index (χ2v) is 8.86. The largest absolute Gasteiger partial charge is 0.351 e. The SMILES string of the molecule is Cc1cc([C@@H]2[C@@H](c3ccccn3)NC(=S)N2c2ccccc2F)c(C)n1-c1ccccc1Cl. The first-order chi connectivity index (χ1) is 16.0. The molecule has 4 nitrogen and oxygen atoms in total. The summed E-state index contributed by atoms with van der Waals surface area (Å²) in [6.45, 7) is 4.10. The van der Waals surface area contributed by atoms with E-state index in [0.29, 0.717) is 15.8 Å². The molecule has 0 bridgehead atoms. The topological polar surface area (TPSA) is 33.1 Å². The van der Waals surface area contributed by atoms with Gasteiger partial charge in [-0.1, -0.05) is 41.9 Å². The molecule has 5 rings (SSSR count). The molecule has 33 heavy (non-hydrogen) atoms. The van der Waals surface area contributed by atoms with E-state index in [1.165, 1.54) is 6.07 Å². The van der Waals surface area contributed by atoms with Gasteiger partial charge in [-0.25, -0.2) is 4.39 Å². The number of nitrogens with one attached hydrogen (secondary N) is 1. The number of pyridine rings is 1. The minimum Gasteiger partial charge on any atom is -0.351 e. The lowest BCUT2D eigenvalue weighted by Crippen LogP contribution is -2.30. The van der Waals surface area contributed by atoms with E-state index in [1.807, 2.05) is 60.4 Å². The van der Waals surface area contributed by atoms with Gasteiger partial charge in [0, 0.05) is 17.6 Å². The summed E-state index contributed by atoms with van der Waals surface area (Å²) >= 11 is 12.3. The van der Waals surface area contributed by atoms with Crippen molar-refractivity contribution in [3.63, 3.8) is 0 Å². The Morgan fingerprint density at radius 2 is 1.67 bits per heavy atom. The number of anilines is 1. The highest BCUT2D eigenvalue weighted by Crippen LogP contribution is 2.44. The average Bonchev–Trinajstić information content (AvgIpc) is 3.30. The standard InChI is InChI=1S/C26H22ClFN4S/c1-16-15-18(17(2)31(16)22-12-5-3-9-19(22)27)25-24(21-11-7-8-14-29-21)30-26(33)32(25)23-13-6-4-10-20(23)28/h3-15,24-25H,1-2H3,(H,30,33)/t24-,25-/m1/s1. The minimum atomic E-state index is -0.326. The lowest BCUT2D eigenvalue weighted by molar-refractivity contribution is 0.556. The summed E-state index contributed by atoms with van der Waals surface area (Å²) in [7, 11) is 0. The normalized spacial score (nSPS) is 17.9. The molecule has 0 radical (unpaired) electrons. The number of thiocarbonyl (C=S) groups is 1.